The number of nitrogens with zero attached hydrogens (tertiary/aromatic N) is 5. The van der Waals surface area contributed by atoms with E-state index >= 15 is 0 Å². The molecule has 1 unspecified atom stereocenters. The number of rotatable bonds is 2. The molecule has 26 heavy (non-hydrogen) atoms. The number of nitrogens with two attached hydrogens (primary N) is 1. The minimum atomic E-state index is 0.261. The average Bonchev–Trinajstić information content (AvgIpc) is 3.09. The molecule has 0 radical (unpaired) electrons. The zero-order valence-corrected chi connectivity index (χ0v) is 14.2. The lowest BCUT2D eigenvalue weighted by molar-refractivity contribution is 0.415. The van der Waals surface area contributed by atoms with E-state index in [0.717, 1.165) is 41.6 Å². The van der Waals surface area contributed by atoms with Crippen molar-refractivity contribution < 1.29 is 0 Å². The Balaban J connectivity index is 1.67. The van der Waals surface area contributed by atoms with E-state index in [9.17, 15) is 0 Å². The van der Waals surface area contributed by atoms with Crippen molar-refractivity contribution in [2.75, 3.05) is 5.73 Å². The van der Waals surface area contributed by atoms with E-state index in [0.29, 0.717) is 5.82 Å². The van der Waals surface area contributed by atoms with E-state index in [1.807, 2.05) is 16.8 Å². The summed E-state index contributed by atoms with van der Waals surface area (Å²) in [6.07, 6.45) is 8.07. The van der Waals surface area contributed by atoms with Gasteiger partial charge in [-0.15, -0.1) is 0 Å². The molecule has 1 aliphatic carbocycles. The number of benzene rings is 1. The van der Waals surface area contributed by atoms with E-state index in [1.54, 1.807) is 12.4 Å². The highest BCUT2D eigenvalue weighted by molar-refractivity contribution is 5.98. The first-order chi connectivity index (χ1) is 12.8. The van der Waals surface area contributed by atoms with Crippen molar-refractivity contribution in [1.29, 1.82) is 0 Å². The number of pyridine rings is 1. The van der Waals surface area contributed by atoms with Crippen molar-refractivity contribution in [3.8, 4) is 11.3 Å². The third kappa shape index (κ3) is 2.34. The third-order valence-electron chi connectivity index (χ3n) is 5.14. The van der Waals surface area contributed by atoms with E-state index in [1.165, 1.54) is 17.5 Å². The van der Waals surface area contributed by atoms with Crippen LogP contribution in [0.15, 0.2) is 55.1 Å². The Kier molecular flexibility index (Phi) is 3.41. The van der Waals surface area contributed by atoms with Crippen LogP contribution in [-0.2, 0) is 12.8 Å². The highest BCUT2D eigenvalue weighted by Gasteiger charge is 2.25. The summed E-state index contributed by atoms with van der Waals surface area (Å²) in [5.41, 5.74) is 11.6. The van der Waals surface area contributed by atoms with Gasteiger partial charge in [-0.3, -0.25) is 4.98 Å². The summed E-state index contributed by atoms with van der Waals surface area (Å²) in [5.74, 6) is 0.462. The summed E-state index contributed by atoms with van der Waals surface area (Å²) in [5, 5.41) is 5.74. The number of aromatic nitrogens is 5. The molecular formula is C20H18N6. The van der Waals surface area contributed by atoms with E-state index in [-0.39, 0.29) is 6.04 Å². The highest BCUT2D eigenvalue weighted by Crippen LogP contribution is 2.35. The molecule has 5 rings (SSSR count). The second-order valence-electron chi connectivity index (χ2n) is 6.65. The van der Waals surface area contributed by atoms with Gasteiger partial charge in [0, 0.05) is 18.0 Å². The Hall–Kier alpha value is -3.28. The van der Waals surface area contributed by atoms with Crippen molar-refractivity contribution in [2.24, 2.45) is 0 Å². The lowest BCUT2D eigenvalue weighted by atomic mass is 9.88. The lowest BCUT2D eigenvalue weighted by Crippen LogP contribution is -2.20. The van der Waals surface area contributed by atoms with Crippen molar-refractivity contribution in [2.45, 2.75) is 25.3 Å². The first-order valence-corrected chi connectivity index (χ1v) is 8.77. The molecule has 0 fully saturated rings. The van der Waals surface area contributed by atoms with Gasteiger partial charge in [-0.25, -0.2) is 14.6 Å². The standard InChI is InChI=1S/C20H18N6/c21-19-17-18(14-7-9-22-10-8-14)25-26(20(17)24-12-23-19)16-6-5-13-3-1-2-4-15(13)11-16/h1-4,7-10,12,16H,5-6,11H2,(H2,21,23,24). The fourth-order valence-corrected chi connectivity index (χ4v) is 3.85. The predicted octanol–water partition coefficient (Wildman–Crippen LogP) is 3.20. The molecule has 4 aromatic rings. The molecule has 3 aromatic heterocycles. The van der Waals surface area contributed by atoms with Crippen LogP contribution in [0.4, 0.5) is 5.82 Å². The van der Waals surface area contributed by atoms with Crippen LogP contribution in [0.3, 0.4) is 0 Å². The Bertz CT molecular complexity index is 1090. The molecule has 2 N–H and O–H groups in total. The lowest BCUT2D eigenvalue weighted by Gasteiger charge is -2.25. The molecule has 0 aliphatic heterocycles. The Morgan fingerprint density at radius 1 is 1.00 bits per heavy atom. The predicted molar refractivity (Wildman–Crippen MR) is 100 cm³/mol. The van der Waals surface area contributed by atoms with Crippen LogP contribution in [0.5, 0.6) is 0 Å². The van der Waals surface area contributed by atoms with Gasteiger partial charge in [0.1, 0.15) is 17.8 Å². The summed E-state index contributed by atoms with van der Waals surface area (Å²) in [6, 6.07) is 12.8. The molecule has 0 saturated carbocycles. The topological polar surface area (TPSA) is 82.5 Å². The monoisotopic (exact) mass is 342 g/mol. The first kappa shape index (κ1) is 15.0. The van der Waals surface area contributed by atoms with Crippen LogP contribution in [0.1, 0.15) is 23.6 Å². The molecule has 0 spiro atoms. The van der Waals surface area contributed by atoms with Gasteiger partial charge in [-0.05, 0) is 42.5 Å². The number of nitrogen functional groups attached to an aromatic ring is 1. The smallest absolute Gasteiger partial charge is 0.164 e. The zero-order valence-electron chi connectivity index (χ0n) is 14.2. The largest absolute Gasteiger partial charge is 0.383 e. The molecule has 6 heteroatoms. The van der Waals surface area contributed by atoms with Crippen LogP contribution in [0.2, 0.25) is 0 Å². The van der Waals surface area contributed by atoms with Gasteiger partial charge >= 0.3 is 0 Å². The van der Waals surface area contributed by atoms with Crippen LogP contribution in [0.25, 0.3) is 22.3 Å². The zero-order chi connectivity index (χ0) is 17.5. The summed E-state index contributed by atoms with van der Waals surface area (Å²) in [4.78, 5) is 12.8. The highest BCUT2D eigenvalue weighted by atomic mass is 15.3. The number of aryl methyl sites for hydroxylation is 1. The van der Waals surface area contributed by atoms with Gasteiger partial charge < -0.3 is 5.73 Å². The summed E-state index contributed by atoms with van der Waals surface area (Å²) >= 11 is 0. The van der Waals surface area contributed by atoms with Crippen LogP contribution in [0, 0.1) is 0 Å². The van der Waals surface area contributed by atoms with Crippen molar-refractivity contribution in [3.63, 3.8) is 0 Å². The van der Waals surface area contributed by atoms with Crippen LogP contribution >= 0.6 is 0 Å². The van der Waals surface area contributed by atoms with Crippen molar-refractivity contribution in [3.05, 3.63) is 66.2 Å². The number of hydrogen-bond donors (Lipinski definition) is 1. The van der Waals surface area contributed by atoms with Crippen LogP contribution < -0.4 is 5.73 Å². The minimum Gasteiger partial charge on any atom is -0.383 e. The normalized spacial score (nSPS) is 16.5. The minimum absolute atomic E-state index is 0.261. The quantitative estimate of drug-likeness (QED) is 0.605. The second kappa shape index (κ2) is 5.91. The molecule has 0 bridgehead atoms. The van der Waals surface area contributed by atoms with E-state index in [2.05, 4.69) is 39.2 Å². The van der Waals surface area contributed by atoms with E-state index < -0.39 is 0 Å². The summed E-state index contributed by atoms with van der Waals surface area (Å²) < 4.78 is 2.04. The molecule has 1 aromatic carbocycles. The van der Waals surface area contributed by atoms with Gasteiger partial charge in [0.15, 0.2) is 5.65 Å². The number of anilines is 1. The summed E-state index contributed by atoms with van der Waals surface area (Å²) in [6.45, 7) is 0. The maximum Gasteiger partial charge on any atom is 0.164 e. The fourth-order valence-electron chi connectivity index (χ4n) is 3.85. The second-order valence-corrected chi connectivity index (χ2v) is 6.65. The maximum atomic E-state index is 6.19. The van der Waals surface area contributed by atoms with Gasteiger partial charge in [-0.2, -0.15) is 5.10 Å². The molecule has 0 amide bonds. The fraction of sp³-hybridized carbons (Fsp3) is 0.200. The summed E-state index contributed by atoms with van der Waals surface area (Å²) in [7, 11) is 0. The van der Waals surface area contributed by atoms with Gasteiger partial charge in [0.25, 0.3) is 0 Å². The first-order valence-electron chi connectivity index (χ1n) is 8.77. The Morgan fingerprint density at radius 3 is 2.65 bits per heavy atom. The van der Waals surface area contributed by atoms with Gasteiger partial charge in [-0.1, -0.05) is 24.3 Å². The molecule has 1 atom stereocenters. The Morgan fingerprint density at radius 2 is 1.81 bits per heavy atom. The van der Waals surface area contributed by atoms with Crippen molar-refractivity contribution >= 4 is 16.9 Å². The van der Waals surface area contributed by atoms with Gasteiger partial charge in [0.2, 0.25) is 0 Å². The average molecular weight is 342 g/mol. The number of fused-ring (bicyclic) bond motifs is 2. The van der Waals surface area contributed by atoms with Crippen LogP contribution in [-0.4, -0.2) is 24.7 Å². The number of hydrogen-bond acceptors (Lipinski definition) is 5. The molecule has 1 aliphatic rings. The van der Waals surface area contributed by atoms with Crippen molar-refractivity contribution in [1.82, 2.24) is 24.7 Å². The van der Waals surface area contributed by atoms with E-state index in [4.69, 9.17) is 10.8 Å². The van der Waals surface area contributed by atoms with Gasteiger partial charge in [0.05, 0.1) is 11.4 Å². The molecular weight excluding hydrogens is 324 g/mol. The maximum absolute atomic E-state index is 6.19. The molecule has 3 heterocycles. The molecule has 128 valence electrons. The molecule has 0 saturated heterocycles. The SMILES string of the molecule is Nc1ncnc2c1c(-c1ccncc1)nn2C1CCc2ccccc2C1. The Labute approximate surface area is 150 Å². The third-order valence-corrected chi connectivity index (χ3v) is 5.14. The molecule has 6 nitrogen and oxygen atoms in total.